The van der Waals surface area contributed by atoms with E-state index < -0.39 is 12.0 Å². The molecule has 1 saturated heterocycles. The van der Waals surface area contributed by atoms with Crippen LogP contribution >= 0.6 is 11.6 Å². The van der Waals surface area contributed by atoms with Crippen molar-refractivity contribution in [3.8, 4) is 0 Å². The van der Waals surface area contributed by atoms with Gasteiger partial charge >= 0.3 is 5.97 Å². The van der Waals surface area contributed by atoms with Crippen molar-refractivity contribution in [1.82, 2.24) is 5.32 Å². The number of methoxy groups -OCH3 is 1. The largest absolute Gasteiger partial charge is 0.469 e. The third-order valence-corrected chi connectivity index (χ3v) is 4.02. The van der Waals surface area contributed by atoms with Gasteiger partial charge in [-0.3, -0.25) is 14.4 Å². The molecule has 0 aromatic heterocycles. The molecule has 0 saturated carbocycles. The lowest BCUT2D eigenvalue weighted by atomic mass is 10.1. The number of esters is 1. The van der Waals surface area contributed by atoms with Crippen molar-refractivity contribution >= 4 is 35.1 Å². The Bertz CT molecular complexity index is 608. The van der Waals surface area contributed by atoms with E-state index in [4.69, 9.17) is 11.6 Å². The molecule has 1 aromatic carbocycles. The predicted molar refractivity (Wildman–Crippen MR) is 84.2 cm³/mol. The number of nitrogens with one attached hydrogen (secondary N) is 3. The number of para-hydroxylation sites is 1. The van der Waals surface area contributed by atoms with Gasteiger partial charge in [-0.15, -0.1) is 0 Å². The number of piperazine rings is 1. The average Bonchev–Trinajstić information content (AvgIpc) is 2.52. The van der Waals surface area contributed by atoms with Gasteiger partial charge < -0.3 is 20.3 Å². The van der Waals surface area contributed by atoms with E-state index in [0.29, 0.717) is 23.8 Å². The molecule has 0 aliphatic carbocycles. The number of hydrogen-bond donors (Lipinski definition) is 3. The van der Waals surface area contributed by atoms with Gasteiger partial charge in [0.15, 0.2) is 12.6 Å². The first-order chi connectivity index (χ1) is 11.0. The second-order valence-electron chi connectivity index (χ2n) is 5.24. The number of ether oxygens (including phenoxy) is 1. The quantitative estimate of drug-likeness (QED) is 0.614. The van der Waals surface area contributed by atoms with Crippen molar-refractivity contribution in [1.29, 1.82) is 0 Å². The number of carbonyl (C=O) groups is 3. The van der Waals surface area contributed by atoms with Gasteiger partial charge in [-0.2, -0.15) is 0 Å². The summed E-state index contributed by atoms with van der Waals surface area (Å²) in [6.45, 7) is 1.09. The number of quaternary nitrogens is 1. The minimum absolute atomic E-state index is 0.0585. The van der Waals surface area contributed by atoms with E-state index in [2.05, 4.69) is 15.4 Å². The maximum absolute atomic E-state index is 12.2. The Kier molecular flexibility index (Phi) is 5.95. The number of rotatable bonds is 5. The van der Waals surface area contributed by atoms with Gasteiger partial charge in [0.05, 0.1) is 30.9 Å². The van der Waals surface area contributed by atoms with E-state index >= 15 is 0 Å². The van der Waals surface area contributed by atoms with Crippen LogP contribution in [0.5, 0.6) is 0 Å². The normalized spacial score (nSPS) is 20.5. The third kappa shape index (κ3) is 4.67. The van der Waals surface area contributed by atoms with Crippen molar-refractivity contribution in [3.63, 3.8) is 0 Å². The van der Waals surface area contributed by atoms with Crippen LogP contribution < -0.4 is 15.5 Å². The van der Waals surface area contributed by atoms with Gasteiger partial charge in [-0.05, 0) is 12.1 Å². The van der Waals surface area contributed by atoms with E-state index in [1.54, 1.807) is 24.3 Å². The molecule has 0 bridgehead atoms. The molecular weight excluding hydrogens is 322 g/mol. The maximum atomic E-state index is 12.2. The van der Waals surface area contributed by atoms with Crippen molar-refractivity contribution in [3.05, 3.63) is 29.3 Å². The molecule has 1 aliphatic rings. The summed E-state index contributed by atoms with van der Waals surface area (Å²) < 4.78 is 4.62. The van der Waals surface area contributed by atoms with Crippen LogP contribution in [0.15, 0.2) is 24.3 Å². The number of hydrogen-bond acceptors (Lipinski definition) is 4. The van der Waals surface area contributed by atoms with E-state index in [0.717, 1.165) is 4.90 Å². The summed E-state index contributed by atoms with van der Waals surface area (Å²) in [7, 11) is 1.27. The molecular formula is C15H19ClN3O4+. The molecule has 1 aromatic rings. The lowest BCUT2D eigenvalue weighted by Gasteiger charge is -2.30. The van der Waals surface area contributed by atoms with Crippen LogP contribution in [0.3, 0.4) is 0 Å². The molecule has 1 heterocycles. The SMILES string of the molecule is COC(=O)C[C@@H]1C(=O)NCC[NH+]1CC(=O)Nc1ccccc1Cl. The summed E-state index contributed by atoms with van der Waals surface area (Å²) in [5.74, 6) is -0.990. The van der Waals surface area contributed by atoms with Crippen LogP contribution in [-0.2, 0) is 19.1 Å². The fourth-order valence-electron chi connectivity index (χ4n) is 2.49. The van der Waals surface area contributed by atoms with Gasteiger partial charge in [0.1, 0.15) is 6.42 Å². The van der Waals surface area contributed by atoms with Crippen LogP contribution in [0.4, 0.5) is 5.69 Å². The van der Waals surface area contributed by atoms with Crippen molar-refractivity contribution in [2.75, 3.05) is 32.1 Å². The molecule has 7 nitrogen and oxygen atoms in total. The Hall–Kier alpha value is -2.12. The van der Waals surface area contributed by atoms with Crippen LogP contribution in [-0.4, -0.2) is 50.6 Å². The molecule has 23 heavy (non-hydrogen) atoms. The first-order valence-corrected chi connectivity index (χ1v) is 7.62. The van der Waals surface area contributed by atoms with Gasteiger partial charge in [0.25, 0.3) is 11.8 Å². The molecule has 0 radical (unpaired) electrons. The van der Waals surface area contributed by atoms with Crippen molar-refractivity contribution < 1.29 is 24.0 Å². The van der Waals surface area contributed by atoms with Gasteiger partial charge in [-0.25, -0.2) is 0 Å². The fourth-order valence-corrected chi connectivity index (χ4v) is 2.67. The number of amides is 2. The molecule has 8 heteroatoms. The second kappa shape index (κ2) is 7.94. The standard InChI is InChI=1S/C15H18ClN3O4/c1-23-14(21)8-12-15(22)17-6-7-19(12)9-13(20)18-11-5-3-2-4-10(11)16/h2-5,12H,6-9H2,1H3,(H,17,22)(H,18,20)/p+1/t12-/m1/s1. The zero-order valence-electron chi connectivity index (χ0n) is 12.7. The Morgan fingerprint density at radius 2 is 2.17 bits per heavy atom. The lowest BCUT2D eigenvalue weighted by Crippen LogP contribution is -3.20. The molecule has 2 amide bonds. The lowest BCUT2D eigenvalue weighted by molar-refractivity contribution is -0.909. The van der Waals surface area contributed by atoms with Crippen molar-refractivity contribution in [2.24, 2.45) is 0 Å². The summed E-state index contributed by atoms with van der Waals surface area (Å²) in [5.41, 5.74) is 0.518. The van der Waals surface area contributed by atoms with Crippen LogP contribution in [0.1, 0.15) is 6.42 Å². The molecule has 1 fully saturated rings. The first-order valence-electron chi connectivity index (χ1n) is 7.24. The molecule has 124 valence electrons. The van der Waals surface area contributed by atoms with Crippen LogP contribution in [0.25, 0.3) is 0 Å². The highest BCUT2D eigenvalue weighted by Gasteiger charge is 2.36. The molecule has 3 N–H and O–H groups in total. The van der Waals surface area contributed by atoms with Gasteiger partial charge in [0, 0.05) is 0 Å². The Morgan fingerprint density at radius 1 is 1.43 bits per heavy atom. The maximum Gasteiger partial charge on any atom is 0.312 e. The summed E-state index contributed by atoms with van der Waals surface area (Å²) in [6, 6.07) is 6.28. The zero-order valence-corrected chi connectivity index (χ0v) is 13.5. The van der Waals surface area contributed by atoms with Gasteiger partial charge in [0.2, 0.25) is 0 Å². The topological polar surface area (TPSA) is 88.9 Å². The minimum Gasteiger partial charge on any atom is -0.469 e. The Morgan fingerprint density at radius 3 is 2.87 bits per heavy atom. The van der Waals surface area contributed by atoms with Crippen molar-refractivity contribution in [2.45, 2.75) is 12.5 Å². The third-order valence-electron chi connectivity index (χ3n) is 3.69. The summed E-state index contributed by atoms with van der Waals surface area (Å²) in [4.78, 5) is 36.3. The number of anilines is 1. The predicted octanol–water partition coefficient (Wildman–Crippen LogP) is -0.775. The smallest absolute Gasteiger partial charge is 0.312 e. The number of carbonyl (C=O) groups excluding carboxylic acids is 3. The highest BCUT2D eigenvalue weighted by molar-refractivity contribution is 6.33. The second-order valence-corrected chi connectivity index (χ2v) is 5.64. The van der Waals surface area contributed by atoms with Crippen LogP contribution in [0, 0.1) is 0 Å². The molecule has 2 rings (SSSR count). The average molecular weight is 341 g/mol. The number of halogens is 1. The Labute approximate surface area is 138 Å². The molecule has 1 aliphatic heterocycles. The summed E-state index contributed by atoms with van der Waals surface area (Å²) >= 11 is 6.00. The summed E-state index contributed by atoms with van der Waals surface area (Å²) in [6.07, 6.45) is -0.0585. The monoisotopic (exact) mass is 340 g/mol. The van der Waals surface area contributed by atoms with Crippen LogP contribution in [0.2, 0.25) is 5.02 Å². The van der Waals surface area contributed by atoms with E-state index in [1.165, 1.54) is 7.11 Å². The van der Waals surface area contributed by atoms with E-state index in [1.807, 2.05) is 0 Å². The molecule has 2 atom stereocenters. The number of benzene rings is 1. The summed E-state index contributed by atoms with van der Waals surface area (Å²) in [5, 5.41) is 5.87. The highest BCUT2D eigenvalue weighted by Crippen LogP contribution is 2.19. The van der Waals surface area contributed by atoms with Gasteiger partial charge in [-0.1, -0.05) is 23.7 Å². The fraction of sp³-hybridized carbons (Fsp3) is 0.400. The zero-order chi connectivity index (χ0) is 16.8. The first kappa shape index (κ1) is 17.2. The highest BCUT2D eigenvalue weighted by atomic mass is 35.5. The molecule has 1 unspecified atom stereocenters. The minimum atomic E-state index is -0.631. The van der Waals surface area contributed by atoms with E-state index in [9.17, 15) is 14.4 Å². The Balaban J connectivity index is 2.01. The molecule has 0 spiro atoms. The van der Waals surface area contributed by atoms with E-state index in [-0.39, 0.29) is 24.8 Å².